The molecular formula is C17H27N3O3. The van der Waals surface area contributed by atoms with Crippen LogP contribution in [0.4, 0.5) is 0 Å². The number of hydrogen-bond acceptors (Lipinski definition) is 4. The number of ether oxygens (including phenoxy) is 2. The van der Waals surface area contributed by atoms with E-state index in [4.69, 9.17) is 9.47 Å². The van der Waals surface area contributed by atoms with E-state index in [0.717, 1.165) is 5.75 Å². The lowest BCUT2D eigenvalue weighted by Crippen LogP contribution is -2.42. The van der Waals surface area contributed by atoms with Gasteiger partial charge in [-0.05, 0) is 39.8 Å². The molecule has 6 nitrogen and oxygen atoms in total. The number of benzene rings is 1. The highest BCUT2D eigenvalue weighted by molar-refractivity contribution is 5.84. The topological polar surface area (TPSA) is 72.0 Å². The molecule has 1 rings (SSSR count). The van der Waals surface area contributed by atoms with Gasteiger partial charge in [0, 0.05) is 7.05 Å². The Morgan fingerprint density at radius 2 is 1.83 bits per heavy atom. The third-order valence-electron chi connectivity index (χ3n) is 2.73. The number of carbonyl (C=O) groups excluding carboxylic acids is 1. The van der Waals surface area contributed by atoms with E-state index < -0.39 is 5.60 Å². The van der Waals surface area contributed by atoms with Crippen LogP contribution in [0.25, 0.3) is 0 Å². The molecule has 0 radical (unpaired) electrons. The van der Waals surface area contributed by atoms with Crippen molar-refractivity contribution in [2.45, 2.75) is 33.3 Å². The fraction of sp³-hybridized carbons (Fsp3) is 0.529. The minimum absolute atomic E-state index is 0.0652. The molecule has 0 spiro atoms. The summed E-state index contributed by atoms with van der Waals surface area (Å²) in [5, 5.41) is 5.98. The minimum atomic E-state index is -0.489. The third kappa shape index (κ3) is 8.70. The largest absolute Gasteiger partial charge is 0.492 e. The zero-order valence-corrected chi connectivity index (χ0v) is 14.6. The van der Waals surface area contributed by atoms with Crippen LogP contribution >= 0.6 is 0 Å². The second-order valence-corrected chi connectivity index (χ2v) is 6.10. The van der Waals surface area contributed by atoms with Gasteiger partial charge in [0.15, 0.2) is 5.96 Å². The molecule has 0 saturated heterocycles. The molecule has 0 aliphatic rings. The lowest BCUT2D eigenvalue weighted by molar-refractivity contribution is -0.153. The molecule has 1 aromatic carbocycles. The average molecular weight is 321 g/mol. The van der Waals surface area contributed by atoms with Gasteiger partial charge in [0.05, 0.1) is 6.54 Å². The summed E-state index contributed by atoms with van der Waals surface area (Å²) < 4.78 is 10.8. The number of hydrogen-bond donors (Lipinski definition) is 2. The second-order valence-electron chi connectivity index (χ2n) is 6.10. The summed E-state index contributed by atoms with van der Waals surface area (Å²) in [6.07, 6.45) is 0. The average Bonchev–Trinajstić information content (AvgIpc) is 2.46. The molecule has 0 aromatic heterocycles. The molecule has 0 fully saturated rings. The van der Waals surface area contributed by atoms with Gasteiger partial charge >= 0.3 is 5.97 Å². The van der Waals surface area contributed by atoms with Crippen LogP contribution in [0, 0.1) is 6.92 Å². The Morgan fingerprint density at radius 3 is 2.39 bits per heavy atom. The van der Waals surface area contributed by atoms with Crippen molar-refractivity contribution in [2.24, 2.45) is 4.99 Å². The lowest BCUT2D eigenvalue weighted by atomic mass is 10.2. The first kappa shape index (κ1) is 18.8. The predicted molar refractivity (Wildman–Crippen MR) is 91.9 cm³/mol. The molecule has 2 N–H and O–H groups in total. The van der Waals surface area contributed by atoms with E-state index in [9.17, 15) is 4.79 Å². The van der Waals surface area contributed by atoms with E-state index in [0.29, 0.717) is 19.1 Å². The van der Waals surface area contributed by atoms with Crippen molar-refractivity contribution >= 4 is 11.9 Å². The molecule has 0 unspecified atom stereocenters. The molecule has 1 aromatic rings. The monoisotopic (exact) mass is 321 g/mol. The first-order valence-electron chi connectivity index (χ1n) is 7.66. The summed E-state index contributed by atoms with van der Waals surface area (Å²) in [6.45, 7) is 8.67. The maximum Gasteiger partial charge on any atom is 0.325 e. The van der Waals surface area contributed by atoms with Gasteiger partial charge < -0.3 is 20.1 Å². The number of aliphatic imine (C=N–C) groups is 1. The van der Waals surface area contributed by atoms with Crippen LogP contribution in [-0.4, -0.2) is 44.3 Å². The van der Waals surface area contributed by atoms with Gasteiger partial charge in [-0.2, -0.15) is 0 Å². The van der Waals surface area contributed by atoms with Crippen LogP contribution in [0.2, 0.25) is 0 Å². The number of nitrogens with one attached hydrogen (secondary N) is 2. The first-order valence-corrected chi connectivity index (χ1v) is 7.66. The van der Waals surface area contributed by atoms with Crippen LogP contribution in [0.15, 0.2) is 29.3 Å². The first-order chi connectivity index (χ1) is 10.8. The number of aryl methyl sites for hydroxylation is 1. The summed E-state index contributed by atoms with van der Waals surface area (Å²) in [6, 6.07) is 7.88. The smallest absolute Gasteiger partial charge is 0.325 e. The van der Waals surface area contributed by atoms with Gasteiger partial charge in [-0.3, -0.25) is 9.79 Å². The van der Waals surface area contributed by atoms with Crippen molar-refractivity contribution < 1.29 is 14.3 Å². The third-order valence-corrected chi connectivity index (χ3v) is 2.73. The molecule has 0 bridgehead atoms. The summed E-state index contributed by atoms with van der Waals surface area (Å²) in [5.74, 6) is 1.04. The Kier molecular flexibility index (Phi) is 7.38. The van der Waals surface area contributed by atoms with Crippen LogP contribution in [0.3, 0.4) is 0 Å². The molecule has 0 saturated carbocycles. The van der Waals surface area contributed by atoms with Crippen molar-refractivity contribution in [3.63, 3.8) is 0 Å². The summed E-state index contributed by atoms with van der Waals surface area (Å²) in [7, 11) is 1.64. The van der Waals surface area contributed by atoms with Crippen molar-refractivity contribution in [3.8, 4) is 5.75 Å². The predicted octanol–water partition coefficient (Wildman–Crippen LogP) is 1.88. The maximum absolute atomic E-state index is 11.6. The quantitative estimate of drug-likeness (QED) is 0.362. The van der Waals surface area contributed by atoms with Gasteiger partial charge in [0.25, 0.3) is 0 Å². The standard InChI is InChI=1S/C17H27N3O3/c1-13-6-8-14(9-7-13)22-11-10-19-16(18-5)20-12-15(21)23-17(2,3)4/h6-9H,10-12H2,1-5H3,(H2,18,19,20). The van der Waals surface area contributed by atoms with Crippen LogP contribution < -0.4 is 15.4 Å². The van der Waals surface area contributed by atoms with Crippen LogP contribution in [-0.2, 0) is 9.53 Å². The molecule has 0 aliphatic heterocycles. The Labute approximate surface area is 138 Å². The van der Waals surface area contributed by atoms with Crippen LogP contribution in [0.5, 0.6) is 5.75 Å². The fourth-order valence-corrected chi connectivity index (χ4v) is 1.73. The van der Waals surface area contributed by atoms with Gasteiger partial charge in [-0.25, -0.2) is 0 Å². The molecule has 0 atom stereocenters. The highest BCUT2D eigenvalue weighted by Crippen LogP contribution is 2.10. The van der Waals surface area contributed by atoms with E-state index in [1.54, 1.807) is 7.05 Å². The molecule has 0 amide bonds. The van der Waals surface area contributed by atoms with E-state index >= 15 is 0 Å². The molecular weight excluding hydrogens is 294 g/mol. The maximum atomic E-state index is 11.6. The van der Waals surface area contributed by atoms with Gasteiger partial charge in [-0.1, -0.05) is 17.7 Å². The normalized spacial score (nSPS) is 11.8. The number of rotatable bonds is 6. The molecule has 128 valence electrons. The van der Waals surface area contributed by atoms with Gasteiger partial charge in [0.2, 0.25) is 0 Å². The van der Waals surface area contributed by atoms with Crippen molar-refractivity contribution in [1.82, 2.24) is 10.6 Å². The van der Waals surface area contributed by atoms with E-state index in [-0.39, 0.29) is 12.5 Å². The number of nitrogens with zero attached hydrogens (tertiary/aromatic N) is 1. The van der Waals surface area contributed by atoms with Crippen molar-refractivity contribution in [1.29, 1.82) is 0 Å². The van der Waals surface area contributed by atoms with E-state index in [2.05, 4.69) is 15.6 Å². The van der Waals surface area contributed by atoms with Crippen LogP contribution in [0.1, 0.15) is 26.3 Å². The SMILES string of the molecule is CN=C(NCCOc1ccc(C)cc1)NCC(=O)OC(C)(C)C. The Bertz CT molecular complexity index is 519. The lowest BCUT2D eigenvalue weighted by Gasteiger charge is -2.20. The highest BCUT2D eigenvalue weighted by Gasteiger charge is 2.16. The van der Waals surface area contributed by atoms with E-state index in [1.807, 2.05) is 52.0 Å². The zero-order chi connectivity index (χ0) is 17.3. The molecule has 0 heterocycles. The molecule has 0 aliphatic carbocycles. The second kappa shape index (κ2) is 9.02. The fourth-order valence-electron chi connectivity index (χ4n) is 1.73. The molecule has 23 heavy (non-hydrogen) atoms. The summed E-state index contributed by atoms with van der Waals surface area (Å²) in [5.41, 5.74) is 0.708. The van der Waals surface area contributed by atoms with Crippen molar-refractivity contribution in [3.05, 3.63) is 29.8 Å². The summed E-state index contributed by atoms with van der Waals surface area (Å²) >= 11 is 0. The van der Waals surface area contributed by atoms with E-state index in [1.165, 1.54) is 5.56 Å². The Morgan fingerprint density at radius 1 is 1.17 bits per heavy atom. The Hall–Kier alpha value is -2.24. The number of esters is 1. The van der Waals surface area contributed by atoms with Gasteiger partial charge in [-0.15, -0.1) is 0 Å². The number of carbonyl (C=O) groups is 1. The van der Waals surface area contributed by atoms with Gasteiger partial charge in [0.1, 0.15) is 24.5 Å². The Balaban J connectivity index is 2.24. The minimum Gasteiger partial charge on any atom is -0.492 e. The summed E-state index contributed by atoms with van der Waals surface area (Å²) in [4.78, 5) is 15.7. The number of guanidine groups is 1. The highest BCUT2D eigenvalue weighted by atomic mass is 16.6. The zero-order valence-electron chi connectivity index (χ0n) is 14.6. The molecule has 6 heteroatoms. The van der Waals surface area contributed by atoms with Crippen molar-refractivity contribution in [2.75, 3.05) is 26.7 Å².